The molecule has 4 rings (SSSR count). The first kappa shape index (κ1) is 14.9. The van der Waals surface area contributed by atoms with E-state index in [1.54, 1.807) is 7.11 Å². The summed E-state index contributed by atoms with van der Waals surface area (Å²) in [6, 6.07) is 8.20. The number of nitrogens with zero attached hydrogens (tertiary/aromatic N) is 3. The van der Waals surface area contributed by atoms with Crippen molar-refractivity contribution >= 4 is 16.6 Å². The van der Waals surface area contributed by atoms with Gasteiger partial charge in [-0.1, -0.05) is 0 Å². The van der Waals surface area contributed by atoms with Crippen molar-refractivity contribution in [1.29, 1.82) is 0 Å². The predicted octanol–water partition coefficient (Wildman–Crippen LogP) is 3.83. The van der Waals surface area contributed by atoms with Crippen LogP contribution in [-0.4, -0.2) is 22.1 Å². The molecule has 1 aliphatic carbocycles. The topological polar surface area (TPSA) is 59.9 Å². The van der Waals surface area contributed by atoms with E-state index in [0.717, 1.165) is 47.4 Å². The van der Waals surface area contributed by atoms with Crippen LogP contribution in [0, 0.1) is 6.92 Å². The molecule has 0 saturated carbocycles. The highest BCUT2D eigenvalue weighted by Gasteiger charge is 2.22. The SMILES string of the molecule is COc1ccc2nccc(NC3CCCc4nc(C)ncc43)c2c1. The van der Waals surface area contributed by atoms with Gasteiger partial charge in [0.05, 0.1) is 18.7 Å². The Kier molecular flexibility index (Phi) is 3.76. The van der Waals surface area contributed by atoms with Gasteiger partial charge in [-0.2, -0.15) is 0 Å². The highest BCUT2D eigenvalue weighted by Crippen LogP contribution is 2.34. The first-order chi connectivity index (χ1) is 11.7. The van der Waals surface area contributed by atoms with E-state index in [-0.39, 0.29) is 6.04 Å². The van der Waals surface area contributed by atoms with E-state index < -0.39 is 0 Å². The highest BCUT2D eigenvalue weighted by atomic mass is 16.5. The van der Waals surface area contributed by atoms with Crippen molar-refractivity contribution in [2.24, 2.45) is 0 Å². The molecule has 2 aromatic heterocycles. The molecule has 3 aromatic rings. The lowest BCUT2D eigenvalue weighted by Crippen LogP contribution is -2.19. The molecule has 1 aromatic carbocycles. The van der Waals surface area contributed by atoms with Crippen LogP contribution in [0.2, 0.25) is 0 Å². The summed E-state index contributed by atoms with van der Waals surface area (Å²) in [6.45, 7) is 1.94. The lowest BCUT2D eigenvalue weighted by molar-refractivity contribution is 0.415. The number of hydrogen-bond acceptors (Lipinski definition) is 5. The molecule has 1 atom stereocenters. The minimum Gasteiger partial charge on any atom is -0.497 e. The van der Waals surface area contributed by atoms with Gasteiger partial charge in [0.1, 0.15) is 11.6 Å². The average molecular weight is 320 g/mol. The second-order valence-corrected chi connectivity index (χ2v) is 6.15. The third-order valence-corrected chi connectivity index (χ3v) is 4.58. The van der Waals surface area contributed by atoms with E-state index in [2.05, 4.69) is 20.3 Å². The Balaban J connectivity index is 1.73. The van der Waals surface area contributed by atoms with Crippen molar-refractivity contribution in [1.82, 2.24) is 15.0 Å². The summed E-state index contributed by atoms with van der Waals surface area (Å²) < 4.78 is 5.36. The lowest BCUT2D eigenvalue weighted by atomic mass is 9.92. The van der Waals surface area contributed by atoms with Crippen LogP contribution in [0.15, 0.2) is 36.7 Å². The fourth-order valence-corrected chi connectivity index (χ4v) is 3.36. The Bertz CT molecular complexity index is 894. The third-order valence-electron chi connectivity index (χ3n) is 4.58. The molecule has 5 heteroatoms. The zero-order valence-electron chi connectivity index (χ0n) is 13.9. The summed E-state index contributed by atoms with van der Waals surface area (Å²) >= 11 is 0. The number of hydrogen-bond donors (Lipinski definition) is 1. The van der Waals surface area contributed by atoms with Crippen LogP contribution in [0.25, 0.3) is 10.9 Å². The Morgan fingerprint density at radius 3 is 3.00 bits per heavy atom. The molecule has 5 nitrogen and oxygen atoms in total. The molecule has 1 aliphatic rings. The van der Waals surface area contributed by atoms with Crippen LogP contribution >= 0.6 is 0 Å². The van der Waals surface area contributed by atoms with Gasteiger partial charge in [0.25, 0.3) is 0 Å². The number of rotatable bonds is 3. The molecular weight excluding hydrogens is 300 g/mol. The number of fused-ring (bicyclic) bond motifs is 2. The van der Waals surface area contributed by atoms with Crippen LogP contribution in [0.5, 0.6) is 5.75 Å². The number of benzene rings is 1. The third kappa shape index (κ3) is 2.66. The minimum atomic E-state index is 0.228. The number of ether oxygens (including phenoxy) is 1. The fourth-order valence-electron chi connectivity index (χ4n) is 3.36. The van der Waals surface area contributed by atoms with Crippen molar-refractivity contribution < 1.29 is 4.74 Å². The van der Waals surface area contributed by atoms with E-state index in [4.69, 9.17) is 4.74 Å². The molecule has 0 radical (unpaired) electrons. The molecule has 122 valence electrons. The van der Waals surface area contributed by atoms with Crippen LogP contribution in [0.3, 0.4) is 0 Å². The predicted molar refractivity (Wildman–Crippen MR) is 94.4 cm³/mol. The number of methoxy groups -OCH3 is 1. The first-order valence-electron chi connectivity index (χ1n) is 8.26. The molecule has 24 heavy (non-hydrogen) atoms. The number of nitrogens with one attached hydrogen (secondary N) is 1. The maximum Gasteiger partial charge on any atom is 0.125 e. The zero-order chi connectivity index (χ0) is 16.5. The number of aromatic nitrogens is 3. The van der Waals surface area contributed by atoms with Gasteiger partial charge in [-0.05, 0) is 50.5 Å². The summed E-state index contributed by atoms with van der Waals surface area (Å²) in [5, 5.41) is 4.74. The quantitative estimate of drug-likeness (QED) is 0.794. The van der Waals surface area contributed by atoms with Crippen LogP contribution in [-0.2, 0) is 6.42 Å². The van der Waals surface area contributed by atoms with E-state index >= 15 is 0 Å². The molecule has 1 unspecified atom stereocenters. The number of aryl methyl sites for hydroxylation is 2. The van der Waals surface area contributed by atoms with Crippen molar-refractivity contribution in [2.45, 2.75) is 32.2 Å². The van der Waals surface area contributed by atoms with Gasteiger partial charge in [0.15, 0.2) is 0 Å². The average Bonchev–Trinajstić information content (AvgIpc) is 2.61. The van der Waals surface area contributed by atoms with E-state index in [1.165, 1.54) is 11.3 Å². The van der Waals surface area contributed by atoms with Gasteiger partial charge in [0, 0.05) is 34.7 Å². The molecule has 0 bridgehead atoms. The van der Waals surface area contributed by atoms with E-state index in [1.807, 2.05) is 43.6 Å². The van der Waals surface area contributed by atoms with Gasteiger partial charge < -0.3 is 10.1 Å². The van der Waals surface area contributed by atoms with E-state index in [0.29, 0.717) is 0 Å². The lowest BCUT2D eigenvalue weighted by Gasteiger charge is -2.26. The molecule has 2 heterocycles. The van der Waals surface area contributed by atoms with Crippen molar-refractivity contribution in [3.05, 3.63) is 53.7 Å². The van der Waals surface area contributed by atoms with Gasteiger partial charge in [-0.15, -0.1) is 0 Å². The van der Waals surface area contributed by atoms with Crippen LogP contribution in [0.4, 0.5) is 5.69 Å². The number of anilines is 1. The molecule has 0 spiro atoms. The van der Waals surface area contributed by atoms with Gasteiger partial charge in [-0.25, -0.2) is 9.97 Å². The fraction of sp³-hybridized carbons (Fsp3) is 0.316. The minimum absolute atomic E-state index is 0.228. The molecule has 0 saturated heterocycles. The smallest absolute Gasteiger partial charge is 0.125 e. The normalized spacial score (nSPS) is 16.7. The summed E-state index contributed by atoms with van der Waals surface area (Å²) in [6.07, 6.45) is 7.05. The molecular formula is C19H20N4O. The first-order valence-corrected chi connectivity index (χ1v) is 8.26. The Hall–Kier alpha value is -2.69. The molecule has 0 amide bonds. The second-order valence-electron chi connectivity index (χ2n) is 6.15. The van der Waals surface area contributed by atoms with Crippen LogP contribution < -0.4 is 10.1 Å². The maximum absolute atomic E-state index is 5.36. The monoisotopic (exact) mass is 320 g/mol. The molecule has 1 N–H and O–H groups in total. The van der Waals surface area contributed by atoms with Crippen molar-refractivity contribution in [3.8, 4) is 5.75 Å². The molecule has 0 fully saturated rings. The van der Waals surface area contributed by atoms with Crippen molar-refractivity contribution in [3.63, 3.8) is 0 Å². The highest BCUT2D eigenvalue weighted by molar-refractivity contribution is 5.92. The summed E-state index contributed by atoms with van der Waals surface area (Å²) in [5.41, 5.74) is 4.40. The zero-order valence-corrected chi connectivity index (χ0v) is 13.9. The van der Waals surface area contributed by atoms with Crippen molar-refractivity contribution in [2.75, 3.05) is 12.4 Å². The molecule has 0 aliphatic heterocycles. The van der Waals surface area contributed by atoms with Gasteiger partial charge in [0.2, 0.25) is 0 Å². The standard InChI is InChI=1S/C19H20N4O/c1-12-21-11-15-17(22-12)4-3-5-18(15)23-19-8-9-20-16-7-6-13(24-2)10-14(16)19/h6-11,18H,3-5H2,1-2H3,(H,20,23). The Morgan fingerprint density at radius 2 is 2.12 bits per heavy atom. The second kappa shape index (κ2) is 6.07. The Morgan fingerprint density at radius 1 is 1.21 bits per heavy atom. The largest absolute Gasteiger partial charge is 0.497 e. The van der Waals surface area contributed by atoms with Gasteiger partial charge >= 0.3 is 0 Å². The Labute approximate surface area is 141 Å². The maximum atomic E-state index is 5.36. The summed E-state index contributed by atoms with van der Waals surface area (Å²) in [4.78, 5) is 13.4. The number of pyridine rings is 1. The summed E-state index contributed by atoms with van der Waals surface area (Å²) in [7, 11) is 1.68. The summed E-state index contributed by atoms with van der Waals surface area (Å²) in [5.74, 6) is 1.68. The van der Waals surface area contributed by atoms with Gasteiger partial charge in [-0.3, -0.25) is 4.98 Å². The van der Waals surface area contributed by atoms with E-state index in [9.17, 15) is 0 Å². The van der Waals surface area contributed by atoms with Crippen LogP contribution in [0.1, 0.15) is 36.0 Å².